The van der Waals surface area contributed by atoms with Crippen molar-refractivity contribution >= 4 is 10.8 Å². The Morgan fingerprint density at radius 1 is 1.14 bits per heavy atom. The highest BCUT2D eigenvalue weighted by Gasteiger charge is 2.24. The number of para-hydroxylation sites is 1. The van der Waals surface area contributed by atoms with Gasteiger partial charge in [-0.2, -0.15) is 0 Å². The van der Waals surface area contributed by atoms with E-state index in [0.717, 1.165) is 46.6 Å². The van der Waals surface area contributed by atoms with E-state index in [1.807, 2.05) is 24.3 Å². The van der Waals surface area contributed by atoms with Crippen molar-refractivity contribution < 1.29 is 18.6 Å². The SMILES string of the molecule is COc1cccc(CN2CCOC(c3cc4cc(F)ccc4cn3)C2)c1OC. The lowest BCUT2D eigenvalue weighted by Gasteiger charge is -2.33. The normalized spacial score (nSPS) is 17.6. The second-order valence-corrected chi connectivity index (χ2v) is 6.85. The molecule has 1 fully saturated rings. The molecule has 0 bridgehead atoms. The monoisotopic (exact) mass is 382 g/mol. The van der Waals surface area contributed by atoms with Gasteiger partial charge in [-0.25, -0.2) is 4.39 Å². The van der Waals surface area contributed by atoms with E-state index in [-0.39, 0.29) is 11.9 Å². The van der Waals surface area contributed by atoms with E-state index in [2.05, 4.69) is 9.88 Å². The molecular weight excluding hydrogens is 359 g/mol. The number of hydrogen-bond donors (Lipinski definition) is 0. The lowest BCUT2D eigenvalue weighted by molar-refractivity contribution is -0.0351. The summed E-state index contributed by atoms with van der Waals surface area (Å²) in [6.45, 7) is 2.86. The van der Waals surface area contributed by atoms with Crippen molar-refractivity contribution in [3.8, 4) is 11.5 Å². The van der Waals surface area contributed by atoms with Crippen LogP contribution in [-0.4, -0.2) is 43.8 Å². The molecule has 1 unspecified atom stereocenters. The smallest absolute Gasteiger partial charge is 0.165 e. The van der Waals surface area contributed by atoms with Crippen LogP contribution < -0.4 is 9.47 Å². The molecule has 0 amide bonds. The third-order valence-electron chi connectivity index (χ3n) is 5.06. The van der Waals surface area contributed by atoms with Gasteiger partial charge < -0.3 is 14.2 Å². The summed E-state index contributed by atoms with van der Waals surface area (Å²) in [6.07, 6.45) is 1.62. The van der Waals surface area contributed by atoms with Crippen molar-refractivity contribution in [1.29, 1.82) is 0 Å². The highest BCUT2D eigenvalue weighted by atomic mass is 19.1. The fraction of sp³-hybridized carbons (Fsp3) is 0.318. The Bertz CT molecular complexity index is 979. The molecule has 1 saturated heterocycles. The van der Waals surface area contributed by atoms with Crippen LogP contribution in [0.25, 0.3) is 10.8 Å². The van der Waals surface area contributed by atoms with Gasteiger partial charge in [0, 0.05) is 36.8 Å². The lowest BCUT2D eigenvalue weighted by Crippen LogP contribution is -2.38. The molecule has 1 aromatic heterocycles. The van der Waals surface area contributed by atoms with Crippen molar-refractivity contribution in [2.24, 2.45) is 0 Å². The van der Waals surface area contributed by atoms with Gasteiger partial charge in [0.15, 0.2) is 11.5 Å². The number of nitrogens with zero attached hydrogens (tertiary/aromatic N) is 2. The van der Waals surface area contributed by atoms with Crippen LogP contribution in [0.15, 0.2) is 48.7 Å². The Labute approximate surface area is 163 Å². The molecule has 0 saturated carbocycles. The predicted octanol–water partition coefficient (Wildman–Crippen LogP) is 3.96. The summed E-state index contributed by atoms with van der Waals surface area (Å²) in [6, 6.07) is 12.5. The molecule has 2 heterocycles. The molecule has 146 valence electrons. The molecule has 0 radical (unpaired) electrons. The number of halogens is 1. The predicted molar refractivity (Wildman–Crippen MR) is 105 cm³/mol. The molecule has 0 spiro atoms. The van der Waals surface area contributed by atoms with Gasteiger partial charge in [-0.15, -0.1) is 0 Å². The molecule has 1 aliphatic heterocycles. The molecule has 2 aromatic carbocycles. The van der Waals surface area contributed by atoms with Crippen LogP contribution in [0, 0.1) is 5.82 Å². The van der Waals surface area contributed by atoms with Crippen LogP contribution in [0.5, 0.6) is 11.5 Å². The zero-order chi connectivity index (χ0) is 19.5. The van der Waals surface area contributed by atoms with Gasteiger partial charge in [-0.1, -0.05) is 12.1 Å². The first-order valence-corrected chi connectivity index (χ1v) is 9.27. The quantitative estimate of drug-likeness (QED) is 0.668. The number of fused-ring (bicyclic) bond motifs is 1. The summed E-state index contributed by atoms with van der Waals surface area (Å²) < 4.78 is 30.5. The van der Waals surface area contributed by atoms with Gasteiger partial charge in [0.05, 0.1) is 26.5 Å². The van der Waals surface area contributed by atoms with E-state index in [4.69, 9.17) is 14.2 Å². The number of morpholine rings is 1. The van der Waals surface area contributed by atoms with E-state index in [1.165, 1.54) is 12.1 Å². The van der Waals surface area contributed by atoms with E-state index in [0.29, 0.717) is 13.2 Å². The fourth-order valence-corrected chi connectivity index (χ4v) is 3.65. The van der Waals surface area contributed by atoms with Gasteiger partial charge in [0.25, 0.3) is 0 Å². The highest BCUT2D eigenvalue weighted by molar-refractivity contribution is 5.82. The Hall–Kier alpha value is -2.70. The minimum Gasteiger partial charge on any atom is -0.493 e. The Balaban J connectivity index is 1.54. The summed E-state index contributed by atoms with van der Waals surface area (Å²) in [4.78, 5) is 6.85. The van der Waals surface area contributed by atoms with Gasteiger partial charge in [-0.05, 0) is 35.7 Å². The second kappa shape index (κ2) is 8.12. The van der Waals surface area contributed by atoms with Gasteiger partial charge in [0.1, 0.15) is 11.9 Å². The molecule has 4 rings (SSSR count). The van der Waals surface area contributed by atoms with Crippen molar-refractivity contribution in [2.45, 2.75) is 12.6 Å². The van der Waals surface area contributed by atoms with Crippen molar-refractivity contribution in [2.75, 3.05) is 33.9 Å². The second-order valence-electron chi connectivity index (χ2n) is 6.85. The lowest BCUT2D eigenvalue weighted by atomic mass is 10.1. The molecule has 5 nitrogen and oxygen atoms in total. The Kier molecular flexibility index (Phi) is 5.41. The van der Waals surface area contributed by atoms with Crippen LogP contribution in [0.3, 0.4) is 0 Å². The molecule has 28 heavy (non-hydrogen) atoms. The highest BCUT2D eigenvalue weighted by Crippen LogP contribution is 2.32. The van der Waals surface area contributed by atoms with Crippen molar-refractivity contribution in [3.05, 3.63) is 65.7 Å². The van der Waals surface area contributed by atoms with E-state index in [9.17, 15) is 4.39 Å². The number of hydrogen-bond acceptors (Lipinski definition) is 5. The Morgan fingerprint density at radius 3 is 2.86 bits per heavy atom. The maximum absolute atomic E-state index is 13.6. The molecule has 3 aromatic rings. The van der Waals surface area contributed by atoms with E-state index < -0.39 is 0 Å². The maximum Gasteiger partial charge on any atom is 0.165 e. The van der Waals surface area contributed by atoms with Gasteiger partial charge in [0.2, 0.25) is 0 Å². The van der Waals surface area contributed by atoms with Crippen LogP contribution in [0.4, 0.5) is 4.39 Å². The third kappa shape index (κ3) is 3.79. The topological polar surface area (TPSA) is 43.8 Å². The van der Waals surface area contributed by atoms with Crippen LogP contribution in [0.1, 0.15) is 17.4 Å². The number of aromatic nitrogens is 1. The first-order valence-electron chi connectivity index (χ1n) is 9.27. The molecule has 1 atom stereocenters. The summed E-state index contributed by atoms with van der Waals surface area (Å²) in [5.41, 5.74) is 1.89. The standard InChI is InChI=1S/C22H23FN2O3/c1-26-20-5-3-4-16(22(20)27-2)13-25-8-9-28-21(14-25)19-11-17-10-18(23)7-6-15(17)12-24-19/h3-7,10-12,21H,8-9,13-14H2,1-2H3. The van der Waals surface area contributed by atoms with E-state index >= 15 is 0 Å². The zero-order valence-corrected chi connectivity index (χ0v) is 16.0. The third-order valence-corrected chi connectivity index (χ3v) is 5.06. The molecule has 6 heteroatoms. The number of methoxy groups -OCH3 is 2. The van der Waals surface area contributed by atoms with Gasteiger partial charge in [-0.3, -0.25) is 9.88 Å². The van der Waals surface area contributed by atoms with Crippen molar-refractivity contribution in [3.63, 3.8) is 0 Å². The van der Waals surface area contributed by atoms with Crippen LogP contribution >= 0.6 is 0 Å². The number of pyridine rings is 1. The summed E-state index contributed by atoms with van der Waals surface area (Å²) in [5, 5.41) is 1.75. The molecule has 0 aliphatic carbocycles. The number of benzene rings is 2. The number of ether oxygens (including phenoxy) is 3. The summed E-state index contributed by atoms with van der Waals surface area (Å²) in [5.74, 6) is 1.23. The van der Waals surface area contributed by atoms with E-state index in [1.54, 1.807) is 26.5 Å². The maximum atomic E-state index is 13.6. The first kappa shape index (κ1) is 18.7. The average Bonchev–Trinajstić information content (AvgIpc) is 2.73. The zero-order valence-electron chi connectivity index (χ0n) is 16.0. The molecular formula is C22H23FN2O3. The van der Waals surface area contributed by atoms with Crippen LogP contribution in [-0.2, 0) is 11.3 Å². The summed E-state index contributed by atoms with van der Waals surface area (Å²) >= 11 is 0. The minimum atomic E-state index is -0.249. The Morgan fingerprint density at radius 2 is 2.04 bits per heavy atom. The molecule has 1 aliphatic rings. The minimum absolute atomic E-state index is 0.155. The average molecular weight is 382 g/mol. The number of rotatable bonds is 5. The van der Waals surface area contributed by atoms with Gasteiger partial charge >= 0.3 is 0 Å². The molecule has 0 N–H and O–H groups in total. The summed E-state index contributed by atoms with van der Waals surface area (Å²) in [7, 11) is 3.29. The van der Waals surface area contributed by atoms with Crippen LogP contribution in [0.2, 0.25) is 0 Å². The van der Waals surface area contributed by atoms with Crippen molar-refractivity contribution in [1.82, 2.24) is 9.88 Å². The fourth-order valence-electron chi connectivity index (χ4n) is 3.65. The first-order chi connectivity index (χ1) is 13.7. The largest absolute Gasteiger partial charge is 0.493 e.